The number of halogens is 2. The maximum absolute atomic E-state index is 2.67. The molecule has 0 saturated carbocycles. The SMILES string of the molecule is CC1CCN(CCCN2CCC(C)CC2)CC1.[Cl-].[Cl-].[Pt+2]. The van der Waals surface area contributed by atoms with E-state index in [1.165, 1.54) is 71.4 Å². The van der Waals surface area contributed by atoms with Crippen molar-refractivity contribution in [2.24, 2.45) is 11.8 Å². The van der Waals surface area contributed by atoms with Gasteiger partial charge in [-0.25, -0.2) is 0 Å². The summed E-state index contributed by atoms with van der Waals surface area (Å²) in [7, 11) is 0. The second-order valence-electron chi connectivity index (χ2n) is 6.40. The van der Waals surface area contributed by atoms with Crippen molar-refractivity contribution in [3.8, 4) is 0 Å². The second kappa shape index (κ2) is 12.7. The van der Waals surface area contributed by atoms with E-state index in [-0.39, 0.29) is 45.9 Å². The van der Waals surface area contributed by atoms with Gasteiger partial charge in [0.25, 0.3) is 0 Å². The number of likely N-dealkylation sites (tertiary alicyclic amines) is 2. The summed E-state index contributed by atoms with van der Waals surface area (Å²) in [5.74, 6) is 1.93. The van der Waals surface area contributed by atoms with Crippen LogP contribution in [0, 0.1) is 11.8 Å². The van der Waals surface area contributed by atoms with Crippen molar-refractivity contribution in [3.05, 3.63) is 0 Å². The Hall–Kier alpha value is 1.19. The van der Waals surface area contributed by atoms with Gasteiger partial charge in [0.1, 0.15) is 0 Å². The van der Waals surface area contributed by atoms with Crippen LogP contribution in [0.2, 0.25) is 0 Å². The van der Waals surface area contributed by atoms with E-state index in [9.17, 15) is 0 Å². The standard InChI is InChI=1S/C15H30N2.2ClH.Pt/c1-14-4-10-16(11-5-14)8-3-9-17-12-6-15(2)7-13-17;;;/h14-15H,3-13H2,1-2H3;2*1H;/q;;;+2/p-2. The molecule has 0 aromatic rings. The molecule has 2 aliphatic heterocycles. The van der Waals surface area contributed by atoms with Gasteiger partial charge in [-0.2, -0.15) is 0 Å². The number of hydrogen-bond acceptors (Lipinski definition) is 2. The largest absolute Gasteiger partial charge is 2.00 e. The Balaban J connectivity index is 0. The minimum Gasteiger partial charge on any atom is -1.00 e. The van der Waals surface area contributed by atoms with E-state index >= 15 is 0 Å². The van der Waals surface area contributed by atoms with E-state index < -0.39 is 0 Å². The molecule has 5 heteroatoms. The van der Waals surface area contributed by atoms with Crippen molar-refractivity contribution >= 4 is 0 Å². The Morgan fingerprint density at radius 3 is 1.30 bits per heavy atom. The van der Waals surface area contributed by atoms with Gasteiger partial charge in [-0.05, 0) is 83.2 Å². The number of hydrogen-bond donors (Lipinski definition) is 0. The summed E-state index contributed by atoms with van der Waals surface area (Å²) in [5.41, 5.74) is 0. The molecule has 2 fully saturated rings. The smallest absolute Gasteiger partial charge is 1.00 e. The molecule has 2 aliphatic rings. The summed E-state index contributed by atoms with van der Waals surface area (Å²) in [5, 5.41) is 0. The summed E-state index contributed by atoms with van der Waals surface area (Å²) in [6.07, 6.45) is 7.05. The molecular weight excluding hydrogens is 474 g/mol. The van der Waals surface area contributed by atoms with Gasteiger partial charge in [-0.1, -0.05) is 13.8 Å². The number of rotatable bonds is 4. The Kier molecular flexibility index (Phi) is 14.9. The Bertz CT molecular complexity index is 194. The second-order valence-corrected chi connectivity index (χ2v) is 6.40. The third-order valence-electron chi connectivity index (χ3n) is 4.70. The zero-order chi connectivity index (χ0) is 12.1. The number of piperidine rings is 2. The third kappa shape index (κ3) is 8.59. The minimum absolute atomic E-state index is 0. The molecule has 0 amide bonds. The van der Waals surface area contributed by atoms with Gasteiger partial charge in [-0.3, -0.25) is 0 Å². The predicted molar refractivity (Wildman–Crippen MR) is 74.3 cm³/mol. The molecule has 0 unspecified atom stereocenters. The zero-order valence-corrected chi connectivity index (χ0v) is 16.7. The summed E-state index contributed by atoms with van der Waals surface area (Å²) in [6, 6.07) is 0. The molecular formula is C15H30Cl2N2Pt. The molecule has 0 aromatic carbocycles. The van der Waals surface area contributed by atoms with Crippen molar-refractivity contribution < 1.29 is 45.9 Å². The molecule has 2 nitrogen and oxygen atoms in total. The summed E-state index contributed by atoms with van der Waals surface area (Å²) in [4.78, 5) is 5.35. The van der Waals surface area contributed by atoms with E-state index in [2.05, 4.69) is 23.6 Å². The molecule has 0 radical (unpaired) electrons. The van der Waals surface area contributed by atoms with Crippen molar-refractivity contribution in [3.63, 3.8) is 0 Å². The summed E-state index contributed by atoms with van der Waals surface area (Å²) < 4.78 is 0. The first-order valence-electron chi connectivity index (χ1n) is 7.69. The van der Waals surface area contributed by atoms with Crippen LogP contribution in [0.5, 0.6) is 0 Å². The molecule has 0 aromatic heterocycles. The van der Waals surface area contributed by atoms with Gasteiger partial charge < -0.3 is 34.6 Å². The van der Waals surface area contributed by atoms with Crippen molar-refractivity contribution in [2.75, 3.05) is 39.3 Å². The van der Waals surface area contributed by atoms with Crippen LogP contribution in [-0.4, -0.2) is 49.1 Å². The van der Waals surface area contributed by atoms with Gasteiger partial charge in [0.2, 0.25) is 0 Å². The van der Waals surface area contributed by atoms with Crippen LogP contribution in [0.15, 0.2) is 0 Å². The third-order valence-corrected chi connectivity index (χ3v) is 4.70. The van der Waals surface area contributed by atoms with E-state index in [0.717, 1.165) is 11.8 Å². The van der Waals surface area contributed by atoms with Gasteiger partial charge >= 0.3 is 21.1 Å². The van der Waals surface area contributed by atoms with Crippen molar-refractivity contribution in [1.82, 2.24) is 9.80 Å². The van der Waals surface area contributed by atoms with Gasteiger partial charge in [0.05, 0.1) is 0 Å². The fourth-order valence-corrected chi connectivity index (χ4v) is 3.09. The molecule has 0 bridgehead atoms. The van der Waals surface area contributed by atoms with Crippen LogP contribution in [0.3, 0.4) is 0 Å². The van der Waals surface area contributed by atoms with Crippen LogP contribution < -0.4 is 24.8 Å². The van der Waals surface area contributed by atoms with Crippen molar-refractivity contribution in [1.29, 1.82) is 0 Å². The Morgan fingerprint density at radius 1 is 0.700 bits per heavy atom. The van der Waals surface area contributed by atoms with Crippen LogP contribution >= 0.6 is 0 Å². The molecule has 2 saturated heterocycles. The van der Waals surface area contributed by atoms with Gasteiger partial charge in [-0.15, -0.1) is 0 Å². The van der Waals surface area contributed by atoms with Crippen molar-refractivity contribution in [2.45, 2.75) is 46.0 Å². The Morgan fingerprint density at radius 2 is 1.00 bits per heavy atom. The van der Waals surface area contributed by atoms with Crippen LogP contribution in [0.1, 0.15) is 46.0 Å². The maximum atomic E-state index is 2.67. The molecule has 0 atom stereocenters. The minimum atomic E-state index is 0. The molecule has 2 heterocycles. The molecule has 2 rings (SSSR count). The quantitative estimate of drug-likeness (QED) is 0.399. The first kappa shape index (κ1) is 23.5. The predicted octanol–water partition coefficient (Wildman–Crippen LogP) is -3.15. The average Bonchev–Trinajstić information content (AvgIpc) is 2.34. The zero-order valence-electron chi connectivity index (χ0n) is 12.9. The Labute approximate surface area is 152 Å². The summed E-state index contributed by atoms with van der Waals surface area (Å²) in [6.45, 7) is 12.8. The van der Waals surface area contributed by atoms with E-state index in [4.69, 9.17) is 0 Å². The molecule has 124 valence electrons. The van der Waals surface area contributed by atoms with Crippen LogP contribution in [0.4, 0.5) is 0 Å². The van der Waals surface area contributed by atoms with Gasteiger partial charge in [0.15, 0.2) is 0 Å². The topological polar surface area (TPSA) is 6.48 Å². The normalized spacial score (nSPS) is 22.5. The maximum Gasteiger partial charge on any atom is 2.00 e. The van der Waals surface area contributed by atoms with Gasteiger partial charge in [0, 0.05) is 0 Å². The molecule has 20 heavy (non-hydrogen) atoms. The number of nitrogens with zero attached hydrogens (tertiary/aromatic N) is 2. The summed E-state index contributed by atoms with van der Waals surface area (Å²) >= 11 is 0. The fraction of sp³-hybridized carbons (Fsp3) is 1.00. The molecule has 0 spiro atoms. The van der Waals surface area contributed by atoms with E-state index in [1.54, 1.807) is 0 Å². The average molecular weight is 504 g/mol. The fourth-order valence-electron chi connectivity index (χ4n) is 3.09. The first-order valence-corrected chi connectivity index (χ1v) is 7.69. The van der Waals surface area contributed by atoms with Crippen LogP contribution in [-0.2, 0) is 21.1 Å². The van der Waals surface area contributed by atoms with E-state index in [0.29, 0.717) is 0 Å². The molecule has 0 N–H and O–H groups in total. The monoisotopic (exact) mass is 503 g/mol. The van der Waals surface area contributed by atoms with Crippen LogP contribution in [0.25, 0.3) is 0 Å². The first-order chi connectivity index (χ1) is 8.24. The molecule has 0 aliphatic carbocycles. The van der Waals surface area contributed by atoms with E-state index in [1.807, 2.05) is 0 Å².